The second kappa shape index (κ2) is 6.30. The maximum atomic E-state index is 5.77. The molecule has 0 aromatic carbocycles. The van der Waals surface area contributed by atoms with Gasteiger partial charge >= 0.3 is 0 Å². The summed E-state index contributed by atoms with van der Waals surface area (Å²) in [7, 11) is 0. The van der Waals surface area contributed by atoms with Crippen LogP contribution in [-0.2, 0) is 0 Å². The topological polar surface area (TPSA) is 94.5 Å². The number of nitrogens with two attached hydrogens (primary N) is 1. The number of aromatic nitrogens is 5. The van der Waals surface area contributed by atoms with E-state index < -0.39 is 0 Å². The monoisotopic (exact) mass is 305 g/mol. The molecule has 1 aliphatic rings. The highest BCUT2D eigenvalue weighted by Crippen LogP contribution is 2.31. The van der Waals surface area contributed by atoms with Crippen molar-refractivity contribution in [1.82, 2.24) is 24.7 Å². The van der Waals surface area contributed by atoms with Gasteiger partial charge in [0.05, 0.1) is 0 Å². The number of anilines is 2. The van der Waals surface area contributed by atoms with E-state index in [2.05, 4.69) is 32.3 Å². The van der Waals surface area contributed by atoms with E-state index in [9.17, 15) is 0 Å². The van der Waals surface area contributed by atoms with Gasteiger partial charge in [-0.15, -0.1) is 0 Å². The zero-order valence-electron chi connectivity index (χ0n) is 11.9. The third kappa shape index (κ3) is 3.44. The fraction of sp³-hybridized carbons (Fsp3) is 0.538. The van der Waals surface area contributed by atoms with Crippen LogP contribution in [0.3, 0.4) is 0 Å². The van der Waals surface area contributed by atoms with Gasteiger partial charge in [0.25, 0.3) is 5.95 Å². The number of hydrogen-bond donors (Lipinski definition) is 2. The molecule has 0 aliphatic heterocycles. The van der Waals surface area contributed by atoms with Gasteiger partial charge in [-0.05, 0) is 31.1 Å². The van der Waals surface area contributed by atoms with Gasteiger partial charge in [0.2, 0.25) is 11.9 Å². The lowest BCUT2D eigenvalue weighted by Crippen LogP contribution is -2.20. The standard InChI is InChI=1S/C13H19N7S/c1-2-21-10-5-4-9(8-10)16-12-17-11(14)18-13(19-12)20-7-3-6-15-20/h3,6-7,9-10H,2,4-5,8H2,1H3,(H3,14,16,17,18,19). The van der Waals surface area contributed by atoms with E-state index in [0.29, 0.717) is 17.9 Å². The average Bonchev–Trinajstić information content (AvgIpc) is 3.10. The number of nitrogens with zero attached hydrogens (tertiary/aromatic N) is 5. The summed E-state index contributed by atoms with van der Waals surface area (Å²) in [6.07, 6.45) is 6.98. The van der Waals surface area contributed by atoms with Crippen LogP contribution < -0.4 is 11.1 Å². The maximum Gasteiger partial charge on any atom is 0.257 e. The van der Waals surface area contributed by atoms with E-state index in [-0.39, 0.29) is 5.95 Å². The quantitative estimate of drug-likeness (QED) is 0.868. The normalized spacial score (nSPS) is 21.6. The van der Waals surface area contributed by atoms with Crippen molar-refractivity contribution in [3.05, 3.63) is 18.5 Å². The van der Waals surface area contributed by atoms with E-state index in [4.69, 9.17) is 5.73 Å². The van der Waals surface area contributed by atoms with Crippen LogP contribution in [0.25, 0.3) is 5.95 Å². The number of thioether (sulfide) groups is 1. The van der Waals surface area contributed by atoms with Gasteiger partial charge in [-0.25, -0.2) is 4.68 Å². The fourth-order valence-electron chi connectivity index (χ4n) is 2.58. The Labute approximate surface area is 127 Å². The van der Waals surface area contributed by atoms with Crippen LogP contribution in [0.4, 0.5) is 11.9 Å². The summed E-state index contributed by atoms with van der Waals surface area (Å²) in [6.45, 7) is 2.20. The predicted molar refractivity (Wildman–Crippen MR) is 84.5 cm³/mol. The van der Waals surface area contributed by atoms with Crippen molar-refractivity contribution in [2.24, 2.45) is 0 Å². The summed E-state index contributed by atoms with van der Waals surface area (Å²) < 4.78 is 1.58. The fourth-order valence-corrected chi connectivity index (χ4v) is 3.72. The molecular formula is C13H19N7S. The molecule has 0 spiro atoms. The minimum absolute atomic E-state index is 0.204. The van der Waals surface area contributed by atoms with Gasteiger partial charge in [0.1, 0.15) is 0 Å². The molecule has 2 heterocycles. The lowest BCUT2D eigenvalue weighted by Gasteiger charge is -2.13. The first-order valence-corrected chi connectivity index (χ1v) is 8.19. The van der Waals surface area contributed by atoms with Gasteiger partial charge in [-0.3, -0.25) is 0 Å². The summed E-state index contributed by atoms with van der Waals surface area (Å²) in [5, 5.41) is 8.22. The third-order valence-corrected chi connectivity index (χ3v) is 4.70. The smallest absolute Gasteiger partial charge is 0.257 e. The summed E-state index contributed by atoms with van der Waals surface area (Å²) in [5.41, 5.74) is 5.77. The second-order valence-corrected chi connectivity index (χ2v) is 6.58. The molecule has 112 valence electrons. The maximum absolute atomic E-state index is 5.77. The number of nitrogen functional groups attached to an aromatic ring is 1. The number of hydrogen-bond acceptors (Lipinski definition) is 7. The minimum atomic E-state index is 0.204. The highest BCUT2D eigenvalue weighted by molar-refractivity contribution is 7.99. The second-order valence-electron chi connectivity index (χ2n) is 5.00. The zero-order chi connectivity index (χ0) is 14.7. The van der Waals surface area contributed by atoms with Gasteiger partial charge < -0.3 is 11.1 Å². The lowest BCUT2D eigenvalue weighted by molar-refractivity contribution is 0.735. The molecule has 2 unspecified atom stereocenters. The largest absolute Gasteiger partial charge is 0.368 e. The molecule has 0 radical (unpaired) electrons. The Morgan fingerprint density at radius 2 is 2.29 bits per heavy atom. The molecular weight excluding hydrogens is 286 g/mol. The third-order valence-electron chi connectivity index (χ3n) is 3.47. The van der Waals surface area contributed by atoms with E-state index >= 15 is 0 Å². The molecule has 0 saturated heterocycles. The van der Waals surface area contributed by atoms with Gasteiger partial charge in [-0.1, -0.05) is 6.92 Å². The van der Waals surface area contributed by atoms with Crippen LogP contribution in [0.15, 0.2) is 18.5 Å². The van der Waals surface area contributed by atoms with Crippen LogP contribution >= 0.6 is 11.8 Å². The molecule has 0 bridgehead atoms. The van der Waals surface area contributed by atoms with E-state index in [1.807, 2.05) is 17.8 Å². The minimum Gasteiger partial charge on any atom is -0.368 e. The molecule has 1 saturated carbocycles. The van der Waals surface area contributed by atoms with Crippen LogP contribution in [0.5, 0.6) is 0 Å². The van der Waals surface area contributed by atoms with Crippen molar-refractivity contribution in [2.75, 3.05) is 16.8 Å². The van der Waals surface area contributed by atoms with E-state index in [1.54, 1.807) is 17.1 Å². The zero-order valence-corrected chi connectivity index (χ0v) is 12.8. The van der Waals surface area contributed by atoms with Gasteiger partial charge in [0.15, 0.2) is 0 Å². The van der Waals surface area contributed by atoms with Crippen LogP contribution in [-0.4, -0.2) is 41.8 Å². The van der Waals surface area contributed by atoms with Crippen molar-refractivity contribution in [1.29, 1.82) is 0 Å². The first-order chi connectivity index (χ1) is 10.2. The lowest BCUT2D eigenvalue weighted by atomic mass is 10.2. The molecule has 3 rings (SSSR count). The van der Waals surface area contributed by atoms with Crippen molar-refractivity contribution < 1.29 is 0 Å². The Bertz CT molecular complexity index is 586. The number of rotatable bonds is 5. The molecule has 21 heavy (non-hydrogen) atoms. The summed E-state index contributed by atoms with van der Waals surface area (Å²) >= 11 is 2.03. The molecule has 7 nitrogen and oxygen atoms in total. The highest BCUT2D eigenvalue weighted by atomic mass is 32.2. The average molecular weight is 305 g/mol. The summed E-state index contributed by atoms with van der Waals surface area (Å²) in [6, 6.07) is 2.22. The molecule has 2 aromatic heterocycles. The van der Waals surface area contributed by atoms with Crippen LogP contribution in [0, 0.1) is 0 Å². The summed E-state index contributed by atoms with van der Waals surface area (Å²) in [4.78, 5) is 12.7. The Hall–Kier alpha value is -1.83. The van der Waals surface area contributed by atoms with Gasteiger partial charge in [0, 0.05) is 23.7 Å². The van der Waals surface area contributed by atoms with E-state index in [1.165, 1.54) is 12.2 Å². The Kier molecular flexibility index (Phi) is 4.23. The van der Waals surface area contributed by atoms with Crippen molar-refractivity contribution in [2.45, 2.75) is 37.5 Å². The molecule has 3 N–H and O–H groups in total. The van der Waals surface area contributed by atoms with Crippen LogP contribution in [0.2, 0.25) is 0 Å². The van der Waals surface area contributed by atoms with Crippen molar-refractivity contribution >= 4 is 23.7 Å². The van der Waals surface area contributed by atoms with Crippen LogP contribution in [0.1, 0.15) is 26.2 Å². The first kappa shape index (κ1) is 14.1. The Morgan fingerprint density at radius 1 is 1.38 bits per heavy atom. The Balaban J connectivity index is 1.71. The van der Waals surface area contributed by atoms with Crippen molar-refractivity contribution in [3.8, 4) is 5.95 Å². The molecule has 1 fully saturated rings. The highest BCUT2D eigenvalue weighted by Gasteiger charge is 2.25. The van der Waals surface area contributed by atoms with Crippen molar-refractivity contribution in [3.63, 3.8) is 0 Å². The molecule has 2 aromatic rings. The summed E-state index contributed by atoms with van der Waals surface area (Å²) in [5.74, 6) is 2.34. The molecule has 8 heteroatoms. The molecule has 2 atom stereocenters. The molecule has 0 amide bonds. The molecule has 1 aliphatic carbocycles. The SMILES string of the molecule is CCSC1CCC(Nc2nc(N)nc(-n3cccn3)n2)C1. The van der Waals surface area contributed by atoms with Gasteiger partial charge in [-0.2, -0.15) is 31.8 Å². The first-order valence-electron chi connectivity index (χ1n) is 7.14. The van der Waals surface area contributed by atoms with E-state index in [0.717, 1.165) is 18.1 Å². The number of nitrogens with one attached hydrogen (secondary N) is 1. The Morgan fingerprint density at radius 3 is 3.05 bits per heavy atom. The predicted octanol–water partition coefficient (Wildman–Crippen LogP) is 1.73.